The van der Waals surface area contributed by atoms with Crippen molar-refractivity contribution in [1.82, 2.24) is 15.1 Å². The third kappa shape index (κ3) is 3.89. The van der Waals surface area contributed by atoms with Gasteiger partial charge in [-0.3, -0.25) is 9.69 Å². The van der Waals surface area contributed by atoms with Gasteiger partial charge in [0.05, 0.1) is 36.4 Å². The molecule has 2 amide bonds. The number of hydrogen-bond donors (Lipinski definition) is 1. The van der Waals surface area contributed by atoms with E-state index in [9.17, 15) is 9.59 Å². The number of carbonyl (C=O) groups excluding carboxylic acids is 2. The van der Waals surface area contributed by atoms with Gasteiger partial charge in [0.15, 0.2) is 0 Å². The summed E-state index contributed by atoms with van der Waals surface area (Å²) in [6.07, 6.45) is 1.62. The summed E-state index contributed by atoms with van der Waals surface area (Å²) in [5.74, 6) is 0.559. The average molecular weight is 453 g/mol. The van der Waals surface area contributed by atoms with Gasteiger partial charge >= 0.3 is 6.09 Å². The van der Waals surface area contributed by atoms with Gasteiger partial charge in [-0.2, -0.15) is 5.10 Å². The first-order valence-corrected chi connectivity index (χ1v) is 10.7. The van der Waals surface area contributed by atoms with Crippen LogP contribution in [-0.2, 0) is 22.6 Å². The van der Waals surface area contributed by atoms with Gasteiger partial charge in [-0.05, 0) is 24.3 Å². The molecule has 1 saturated heterocycles. The molecule has 9 heteroatoms. The first kappa shape index (κ1) is 20.4. The van der Waals surface area contributed by atoms with E-state index >= 15 is 0 Å². The van der Waals surface area contributed by atoms with Crippen molar-refractivity contribution in [2.45, 2.75) is 26.1 Å². The molecule has 0 saturated carbocycles. The number of carbonyl (C=O) groups is 2. The molecule has 2 aliphatic heterocycles. The van der Waals surface area contributed by atoms with E-state index in [1.54, 1.807) is 4.90 Å². The summed E-state index contributed by atoms with van der Waals surface area (Å²) >= 11 is 6.17. The molecule has 2 aliphatic rings. The third-order valence-electron chi connectivity index (χ3n) is 5.56. The van der Waals surface area contributed by atoms with Gasteiger partial charge in [0.25, 0.3) is 0 Å². The lowest BCUT2D eigenvalue weighted by Gasteiger charge is -2.16. The normalized spacial score (nSPS) is 17.1. The largest absolute Gasteiger partial charge is 0.488 e. The number of anilines is 1. The number of hydrogen-bond acceptors (Lipinski definition) is 5. The molecular formula is C23H21ClN4O4. The summed E-state index contributed by atoms with van der Waals surface area (Å²) < 4.78 is 13.3. The van der Waals surface area contributed by atoms with E-state index in [-0.39, 0.29) is 18.6 Å². The Morgan fingerprint density at radius 2 is 2.09 bits per heavy atom. The monoisotopic (exact) mass is 452 g/mol. The zero-order valence-corrected chi connectivity index (χ0v) is 18.1. The van der Waals surface area contributed by atoms with Gasteiger partial charge in [-0.15, -0.1) is 0 Å². The van der Waals surface area contributed by atoms with Crippen LogP contribution in [0.3, 0.4) is 0 Å². The Balaban J connectivity index is 1.39. The summed E-state index contributed by atoms with van der Waals surface area (Å²) in [4.78, 5) is 25.1. The first-order chi connectivity index (χ1) is 15.5. The summed E-state index contributed by atoms with van der Waals surface area (Å²) in [7, 11) is 0. The standard InChI is InChI=1S/C23H21ClN4O4/c1-14(29)25-11-20-12-27(23(30)32-20)18-6-5-15-7-21-16(13-31-22(15)9-18)10-26-28(21)19-4-2-3-17(24)8-19/h2-6,8-10,20H,7,11-13H2,1H3,(H,25,29)/t20-/m0/s1. The minimum atomic E-state index is -0.436. The number of amides is 2. The Bertz CT molecular complexity index is 1210. The summed E-state index contributed by atoms with van der Waals surface area (Å²) in [6, 6.07) is 13.3. The Kier molecular flexibility index (Phi) is 5.22. The average Bonchev–Trinajstić information content (AvgIpc) is 3.29. The quantitative estimate of drug-likeness (QED) is 0.655. The molecule has 1 N–H and O–H groups in total. The molecule has 0 unspecified atom stereocenters. The number of rotatable bonds is 4. The van der Waals surface area contributed by atoms with E-state index in [1.807, 2.05) is 53.3 Å². The van der Waals surface area contributed by atoms with E-state index < -0.39 is 6.09 Å². The van der Waals surface area contributed by atoms with Crippen molar-refractivity contribution < 1.29 is 19.1 Å². The minimum absolute atomic E-state index is 0.158. The molecule has 3 aromatic rings. The van der Waals surface area contributed by atoms with Crippen LogP contribution in [0.5, 0.6) is 5.75 Å². The molecule has 8 nitrogen and oxygen atoms in total. The highest BCUT2D eigenvalue weighted by Crippen LogP contribution is 2.34. The van der Waals surface area contributed by atoms with Crippen LogP contribution in [0.15, 0.2) is 48.7 Å². The molecule has 5 rings (SSSR count). The lowest BCUT2D eigenvalue weighted by atomic mass is 10.1. The predicted molar refractivity (Wildman–Crippen MR) is 118 cm³/mol. The molecular weight excluding hydrogens is 432 g/mol. The lowest BCUT2D eigenvalue weighted by molar-refractivity contribution is -0.119. The molecule has 3 heterocycles. The number of nitrogens with zero attached hydrogens (tertiary/aromatic N) is 3. The highest BCUT2D eigenvalue weighted by Gasteiger charge is 2.33. The van der Waals surface area contributed by atoms with Gasteiger partial charge in [-0.25, -0.2) is 9.48 Å². The van der Waals surface area contributed by atoms with Crippen molar-refractivity contribution in [2.75, 3.05) is 18.0 Å². The van der Waals surface area contributed by atoms with E-state index in [0.29, 0.717) is 30.3 Å². The number of fused-ring (bicyclic) bond motifs is 2. The van der Waals surface area contributed by atoms with Crippen LogP contribution in [0.25, 0.3) is 5.69 Å². The van der Waals surface area contributed by atoms with Crippen molar-refractivity contribution in [3.63, 3.8) is 0 Å². The van der Waals surface area contributed by atoms with Crippen molar-refractivity contribution in [3.05, 3.63) is 70.5 Å². The highest BCUT2D eigenvalue weighted by atomic mass is 35.5. The van der Waals surface area contributed by atoms with Crippen LogP contribution in [0.4, 0.5) is 10.5 Å². The zero-order valence-electron chi connectivity index (χ0n) is 17.4. The molecule has 164 valence electrons. The molecule has 0 bridgehead atoms. The molecule has 0 radical (unpaired) electrons. The van der Waals surface area contributed by atoms with E-state index in [4.69, 9.17) is 21.1 Å². The second-order valence-electron chi connectivity index (χ2n) is 7.82. The van der Waals surface area contributed by atoms with Crippen LogP contribution < -0.4 is 15.0 Å². The van der Waals surface area contributed by atoms with E-state index in [1.165, 1.54) is 6.92 Å². The Labute approximate surface area is 189 Å². The Morgan fingerprint density at radius 1 is 1.22 bits per heavy atom. The molecule has 1 fully saturated rings. The van der Waals surface area contributed by atoms with Crippen LogP contribution >= 0.6 is 11.6 Å². The van der Waals surface area contributed by atoms with Gasteiger partial charge < -0.3 is 14.8 Å². The van der Waals surface area contributed by atoms with Crippen LogP contribution in [0.2, 0.25) is 5.02 Å². The predicted octanol–water partition coefficient (Wildman–Crippen LogP) is 3.47. The number of cyclic esters (lactones) is 1. The minimum Gasteiger partial charge on any atom is -0.488 e. The lowest BCUT2D eigenvalue weighted by Crippen LogP contribution is -2.33. The fourth-order valence-electron chi connectivity index (χ4n) is 3.97. The van der Waals surface area contributed by atoms with Gasteiger partial charge in [0, 0.05) is 35.6 Å². The fraction of sp³-hybridized carbons (Fsp3) is 0.261. The van der Waals surface area contributed by atoms with E-state index in [2.05, 4.69) is 10.4 Å². The summed E-state index contributed by atoms with van der Waals surface area (Å²) in [5, 5.41) is 7.86. The second kappa shape index (κ2) is 8.20. The number of aromatic nitrogens is 2. The van der Waals surface area contributed by atoms with Gasteiger partial charge in [-0.1, -0.05) is 23.7 Å². The topological polar surface area (TPSA) is 85.7 Å². The van der Waals surface area contributed by atoms with E-state index in [0.717, 1.165) is 28.3 Å². The van der Waals surface area contributed by atoms with Gasteiger partial charge in [0.1, 0.15) is 18.5 Å². The fourth-order valence-corrected chi connectivity index (χ4v) is 4.16. The first-order valence-electron chi connectivity index (χ1n) is 10.3. The van der Waals surface area contributed by atoms with Crippen molar-refractivity contribution in [1.29, 1.82) is 0 Å². The maximum absolute atomic E-state index is 12.4. The van der Waals surface area contributed by atoms with Crippen LogP contribution in [0, 0.1) is 0 Å². The molecule has 1 atom stereocenters. The summed E-state index contributed by atoms with van der Waals surface area (Å²) in [6.45, 7) is 2.46. The van der Waals surface area contributed by atoms with Crippen molar-refractivity contribution in [3.8, 4) is 11.4 Å². The smallest absolute Gasteiger partial charge is 0.414 e. The zero-order chi connectivity index (χ0) is 22.2. The maximum Gasteiger partial charge on any atom is 0.414 e. The number of halogens is 1. The van der Waals surface area contributed by atoms with Crippen molar-refractivity contribution in [2.24, 2.45) is 0 Å². The number of ether oxygens (including phenoxy) is 2. The molecule has 0 aliphatic carbocycles. The Morgan fingerprint density at radius 3 is 2.91 bits per heavy atom. The van der Waals surface area contributed by atoms with Gasteiger partial charge in [0.2, 0.25) is 5.91 Å². The Hall–Kier alpha value is -3.52. The number of benzene rings is 2. The van der Waals surface area contributed by atoms with Crippen molar-refractivity contribution >= 4 is 29.3 Å². The molecule has 1 aromatic heterocycles. The third-order valence-corrected chi connectivity index (χ3v) is 5.80. The second-order valence-corrected chi connectivity index (χ2v) is 8.26. The van der Waals surface area contributed by atoms with Crippen LogP contribution in [-0.4, -0.2) is 41.0 Å². The molecule has 32 heavy (non-hydrogen) atoms. The van der Waals surface area contributed by atoms with Crippen LogP contribution in [0.1, 0.15) is 23.7 Å². The SMILES string of the molecule is CC(=O)NC[C@H]1CN(c2ccc3c(c2)OCc2cnn(-c4cccc(Cl)c4)c2C3)C(=O)O1. The highest BCUT2D eigenvalue weighted by molar-refractivity contribution is 6.30. The molecule has 0 spiro atoms. The maximum atomic E-state index is 12.4. The molecule has 2 aromatic carbocycles. The summed E-state index contributed by atoms with van der Waals surface area (Å²) in [5.41, 5.74) is 4.62. The number of nitrogens with one attached hydrogen (secondary N) is 1.